The van der Waals surface area contributed by atoms with Gasteiger partial charge in [0, 0.05) is 13.2 Å². The van der Waals surface area contributed by atoms with Crippen LogP contribution in [0, 0.1) is 17.8 Å². The van der Waals surface area contributed by atoms with Crippen LogP contribution in [0.1, 0.15) is 32.6 Å². The first kappa shape index (κ1) is 12.8. The summed E-state index contributed by atoms with van der Waals surface area (Å²) in [5.41, 5.74) is 5.71. The summed E-state index contributed by atoms with van der Waals surface area (Å²) in [6.45, 7) is 2.40. The maximum absolute atomic E-state index is 11.8. The number of carbonyl (C=O) groups is 1. The van der Waals surface area contributed by atoms with Gasteiger partial charge in [0.05, 0.1) is 6.61 Å². The van der Waals surface area contributed by atoms with Crippen molar-refractivity contribution in [2.24, 2.45) is 23.5 Å². The molecule has 0 aromatic rings. The summed E-state index contributed by atoms with van der Waals surface area (Å²) in [6.07, 6.45) is 5.39. The molecule has 0 aliphatic heterocycles. The number of ether oxygens (including phenoxy) is 1. The zero-order valence-electron chi connectivity index (χ0n) is 10.8. The predicted molar refractivity (Wildman–Crippen MR) is 66.4 cm³/mol. The number of methoxy groups -OCH3 is 1. The second-order valence-electron chi connectivity index (χ2n) is 5.70. The van der Waals surface area contributed by atoms with E-state index in [1.165, 1.54) is 25.7 Å². The average Bonchev–Trinajstić information content (AvgIpc) is 2.90. The molecule has 0 spiro atoms. The molecule has 3 N–H and O–H groups in total. The molecule has 2 saturated carbocycles. The molecule has 2 aliphatic rings. The minimum atomic E-state index is -0.541. The van der Waals surface area contributed by atoms with Gasteiger partial charge in [0.25, 0.3) is 0 Å². The largest absolute Gasteiger partial charge is 0.383 e. The molecule has 5 unspecified atom stereocenters. The Morgan fingerprint density at radius 2 is 2.24 bits per heavy atom. The van der Waals surface area contributed by atoms with Crippen LogP contribution in [0.4, 0.5) is 0 Å². The van der Waals surface area contributed by atoms with Crippen LogP contribution in [0.3, 0.4) is 0 Å². The molecule has 98 valence electrons. The maximum atomic E-state index is 11.8. The van der Waals surface area contributed by atoms with E-state index in [1.807, 2.05) is 0 Å². The molecule has 2 bridgehead atoms. The van der Waals surface area contributed by atoms with Gasteiger partial charge < -0.3 is 15.8 Å². The summed E-state index contributed by atoms with van der Waals surface area (Å²) in [5, 5.41) is 3.05. The number of fused-ring (bicyclic) bond motifs is 2. The van der Waals surface area contributed by atoms with Gasteiger partial charge in [0.15, 0.2) is 0 Å². The Hall–Kier alpha value is -0.610. The van der Waals surface area contributed by atoms with E-state index >= 15 is 0 Å². The van der Waals surface area contributed by atoms with Crippen LogP contribution in [0.2, 0.25) is 0 Å². The topological polar surface area (TPSA) is 64.3 Å². The lowest BCUT2D eigenvalue weighted by molar-refractivity contribution is -0.124. The number of carbonyl (C=O) groups excluding carboxylic acids is 1. The molecule has 0 heterocycles. The van der Waals surface area contributed by atoms with E-state index in [2.05, 4.69) is 12.2 Å². The van der Waals surface area contributed by atoms with Crippen molar-refractivity contribution in [3.63, 3.8) is 0 Å². The van der Waals surface area contributed by atoms with Gasteiger partial charge in [-0.3, -0.25) is 4.79 Å². The van der Waals surface area contributed by atoms with Gasteiger partial charge in [-0.2, -0.15) is 0 Å². The van der Waals surface area contributed by atoms with Gasteiger partial charge in [-0.15, -0.1) is 0 Å². The van der Waals surface area contributed by atoms with Crippen LogP contribution >= 0.6 is 0 Å². The van der Waals surface area contributed by atoms with Gasteiger partial charge in [-0.25, -0.2) is 0 Å². The molecule has 4 heteroatoms. The van der Waals surface area contributed by atoms with Crippen molar-refractivity contribution in [1.29, 1.82) is 0 Å². The van der Waals surface area contributed by atoms with Crippen LogP contribution < -0.4 is 11.1 Å². The van der Waals surface area contributed by atoms with Gasteiger partial charge in [-0.1, -0.05) is 6.42 Å². The molecule has 2 rings (SSSR count). The summed E-state index contributed by atoms with van der Waals surface area (Å²) >= 11 is 0. The Morgan fingerprint density at radius 3 is 2.76 bits per heavy atom. The number of hydrogen-bond acceptors (Lipinski definition) is 3. The van der Waals surface area contributed by atoms with Crippen molar-refractivity contribution < 1.29 is 9.53 Å². The molecular formula is C13H24N2O2. The molecule has 0 saturated heterocycles. The highest BCUT2D eigenvalue weighted by molar-refractivity contribution is 5.81. The zero-order chi connectivity index (χ0) is 12.4. The summed E-state index contributed by atoms with van der Waals surface area (Å²) < 4.78 is 4.90. The van der Waals surface area contributed by atoms with E-state index in [0.717, 1.165) is 11.8 Å². The molecule has 4 nitrogen and oxygen atoms in total. The molecule has 1 amide bonds. The van der Waals surface area contributed by atoms with E-state index in [9.17, 15) is 4.79 Å². The second-order valence-corrected chi connectivity index (χ2v) is 5.70. The standard InChI is InChI=1S/C13H24N2O2/c1-8(15-13(16)12(14)7-17-2)11-6-9-3-4-10(11)5-9/h8-12H,3-7,14H2,1-2H3,(H,15,16). The Kier molecular flexibility index (Phi) is 4.05. The molecule has 5 atom stereocenters. The fourth-order valence-electron chi connectivity index (χ4n) is 3.60. The first-order valence-corrected chi connectivity index (χ1v) is 6.66. The highest BCUT2D eigenvalue weighted by atomic mass is 16.5. The number of nitrogens with one attached hydrogen (secondary N) is 1. The van der Waals surface area contributed by atoms with Crippen molar-refractivity contribution >= 4 is 5.91 Å². The lowest BCUT2D eigenvalue weighted by atomic mass is 9.84. The van der Waals surface area contributed by atoms with Crippen LogP contribution in [0.5, 0.6) is 0 Å². The summed E-state index contributed by atoms with van der Waals surface area (Å²) in [7, 11) is 1.56. The molecule has 2 aliphatic carbocycles. The number of rotatable bonds is 5. The van der Waals surface area contributed by atoms with Crippen LogP contribution in [-0.4, -0.2) is 31.7 Å². The molecular weight excluding hydrogens is 216 g/mol. The predicted octanol–water partition coefficient (Wildman–Crippen LogP) is 0.901. The Bertz CT molecular complexity index is 283. The third-order valence-corrected chi connectivity index (χ3v) is 4.49. The Balaban J connectivity index is 1.81. The summed E-state index contributed by atoms with van der Waals surface area (Å²) in [5.74, 6) is 2.32. The summed E-state index contributed by atoms with van der Waals surface area (Å²) in [4.78, 5) is 11.8. The first-order chi connectivity index (χ1) is 8.11. The number of amides is 1. The minimum Gasteiger partial charge on any atom is -0.383 e. The molecule has 0 radical (unpaired) electrons. The van der Waals surface area contributed by atoms with Crippen LogP contribution in [-0.2, 0) is 9.53 Å². The third-order valence-electron chi connectivity index (χ3n) is 4.49. The lowest BCUT2D eigenvalue weighted by Crippen LogP contribution is -2.49. The zero-order valence-corrected chi connectivity index (χ0v) is 10.8. The maximum Gasteiger partial charge on any atom is 0.239 e. The van der Waals surface area contributed by atoms with Crippen molar-refractivity contribution in [3.8, 4) is 0 Å². The lowest BCUT2D eigenvalue weighted by Gasteiger charge is -2.29. The van der Waals surface area contributed by atoms with Crippen molar-refractivity contribution in [2.45, 2.75) is 44.7 Å². The Morgan fingerprint density at radius 1 is 1.47 bits per heavy atom. The van der Waals surface area contributed by atoms with Crippen molar-refractivity contribution in [1.82, 2.24) is 5.32 Å². The van der Waals surface area contributed by atoms with E-state index < -0.39 is 6.04 Å². The second kappa shape index (κ2) is 5.36. The normalized spacial score (nSPS) is 34.6. The fourth-order valence-corrected chi connectivity index (χ4v) is 3.60. The highest BCUT2D eigenvalue weighted by Gasteiger charge is 2.42. The quantitative estimate of drug-likeness (QED) is 0.750. The molecule has 0 aromatic heterocycles. The summed E-state index contributed by atoms with van der Waals surface area (Å²) in [6, 6.07) is -0.290. The smallest absolute Gasteiger partial charge is 0.239 e. The van der Waals surface area contributed by atoms with E-state index in [0.29, 0.717) is 5.92 Å². The first-order valence-electron chi connectivity index (χ1n) is 6.66. The number of nitrogens with two attached hydrogens (primary N) is 1. The Labute approximate surface area is 103 Å². The molecule has 0 aromatic carbocycles. The van der Waals surface area contributed by atoms with Gasteiger partial charge in [-0.05, 0) is 43.9 Å². The minimum absolute atomic E-state index is 0.0814. The van der Waals surface area contributed by atoms with Crippen LogP contribution in [0.25, 0.3) is 0 Å². The molecule has 2 fully saturated rings. The SMILES string of the molecule is COCC(N)C(=O)NC(C)C1CC2CCC1C2. The van der Waals surface area contributed by atoms with Crippen LogP contribution in [0.15, 0.2) is 0 Å². The van der Waals surface area contributed by atoms with Gasteiger partial charge in [0.2, 0.25) is 5.91 Å². The molecule has 17 heavy (non-hydrogen) atoms. The van der Waals surface area contributed by atoms with Gasteiger partial charge in [0.1, 0.15) is 6.04 Å². The van der Waals surface area contributed by atoms with Crippen molar-refractivity contribution in [3.05, 3.63) is 0 Å². The monoisotopic (exact) mass is 240 g/mol. The fraction of sp³-hybridized carbons (Fsp3) is 0.923. The highest BCUT2D eigenvalue weighted by Crippen LogP contribution is 2.49. The van der Waals surface area contributed by atoms with E-state index in [-0.39, 0.29) is 18.6 Å². The van der Waals surface area contributed by atoms with E-state index in [4.69, 9.17) is 10.5 Å². The number of hydrogen-bond donors (Lipinski definition) is 2. The van der Waals surface area contributed by atoms with Gasteiger partial charge >= 0.3 is 0 Å². The van der Waals surface area contributed by atoms with Crippen molar-refractivity contribution in [2.75, 3.05) is 13.7 Å². The average molecular weight is 240 g/mol. The third kappa shape index (κ3) is 2.80. The van der Waals surface area contributed by atoms with E-state index in [1.54, 1.807) is 7.11 Å².